The van der Waals surface area contributed by atoms with Crippen LogP contribution < -0.4 is 4.74 Å². The summed E-state index contributed by atoms with van der Waals surface area (Å²) in [6.45, 7) is 3.44. The molecule has 0 aliphatic rings. The topological polar surface area (TPSA) is 68.6 Å². The van der Waals surface area contributed by atoms with Gasteiger partial charge in [-0.2, -0.15) is 0 Å². The van der Waals surface area contributed by atoms with Crippen molar-refractivity contribution in [3.05, 3.63) is 35.6 Å². The molecule has 0 aliphatic heterocycles. The van der Waals surface area contributed by atoms with Crippen molar-refractivity contribution in [1.82, 2.24) is 0 Å². The van der Waals surface area contributed by atoms with Crippen molar-refractivity contribution in [2.24, 2.45) is 0 Å². The number of hydrogen-bond donors (Lipinski definition) is 0. The van der Waals surface area contributed by atoms with Crippen LogP contribution in [-0.2, 0) is 40.2 Å². The van der Waals surface area contributed by atoms with Gasteiger partial charge in [0.15, 0.2) is 0 Å². The van der Waals surface area contributed by atoms with E-state index < -0.39 is 12.0 Å². The number of esters is 1. The number of halogens is 1. The van der Waals surface area contributed by atoms with Crippen molar-refractivity contribution in [2.45, 2.75) is 32.2 Å². The van der Waals surface area contributed by atoms with Crippen LogP contribution in [0.3, 0.4) is 0 Å². The van der Waals surface area contributed by atoms with Crippen LogP contribution >= 0.6 is 30.4 Å². The fourth-order valence-corrected chi connectivity index (χ4v) is 2.35. The summed E-state index contributed by atoms with van der Waals surface area (Å²) in [5.74, 6) is 0.292. The number of benzene rings is 1. The Morgan fingerprint density at radius 1 is 1.26 bits per heavy atom. The molecule has 8 heteroatoms. The number of carbonyl (C=O) groups excluding carboxylic acids is 1. The summed E-state index contributed by atoms with van der Waals surface area (Å²) < 4.78 is 15.6. The van der Waals surface area contributed by atoms with Crippen molar-refractivity contribution >= 4 is 36.4 Å². The molecule has 0 spiro atoms. The van der Waals surface area contributed by atoms with E-state index in [4.69, 9.17) is 19.4 Å². The zero-order valence-electron chi connectivity index (χ0n) is 12.9. The second-order valence-corrected chi connectivity index (χ2v) is 6.10. The maximum absolute atomic E-state index is 11.6. The predicted molar refractivity (Wildman–Crippen MR) is 97.2 cm³/mol. The molecule has 0 fully saturated rings. The monoisotopic (exact) mass is 631 g/mol. The van der Waals surface area contributed by atoms with Gasteiger partial charge >= 0.3 is 0 Å². The number of rotatable bonds is 11. The average Bonchev–Trinajstić information content (AvgIpc) is 2.53. The third-order valence-corrected chi connectivity index (χ3v) is 3.89. The van der Waals surface area contributed by atoms with Crippen molar-refractivity contribution in [3.63, 3.8) is 0 Å². The molecule has 133 valence electrons. The summed E-state index contributed by atoms with van der Waals surface area (Å²) in [6.07, 6.45) is 2.16. The smallest absolute Gasteiger partial charge is 0.288 e. The molecule has 1 aromatic carbocycles. The second-order valence-electron chi connectivity index (χ2n) is 4.66. The minimum absolute atomic E-state index is 0. The number of hydrogen-bond acceptors (Lipinski definition) is 5. The Morgan fingerprint density at radius 2 is 1.96 bits per heavy atom. The zero-order chi connectivity index (χ0) is 16.2. The van der Waals surface area contributed by atoms with E-state index in [1.165, 1.54) is 9.21 Å². The van der Waals surface area contributed by atoms with Crippen LogP contribution in [0.1, 0.15) is 25.3 Å². The number of carbonyl (C=O) groups is 1. The van der Waals surface area contributed by atoms with Crippen molar-refractivity contribution in [3.8, 4) is 5.75 Å². The Hall–Kier alpha value is 0.139. The molecular formula is C15H21IIrNO4S-. The number of ether oxygens (including phenoxy) is 2. The Balaban J connectivity index is 0.00000484. The van der Waals surface area contributed by atoms with Crippen LogP contribution in [0.2, 0.25) is 0 Å². The normalized spacial score (nSPS) is 11.4. The minimum atomic E-state index is -0.877. The van der Waals surface area contributed by atoms with Gasteiger partial charge in [0.25, 0.3) is 5.97 Å². The van der Waals surface area contributed by atoms with Gasteiger partial charge in [-0.25, -0.2) is 0 Å². The van der Waals surface area contributed by atoms with Crippen molar-refractivity contribution in [2.75, 3.05) is 19.8 Å². The first-order chi connectivity index (χ1) is 10.7. The Morgan fingerprint density at radius 3 is 2.57 bits per heavy atom. The van der Waals surface area contributed by atoms with Crippen LogP contribution in [0.5, 0.6) is 5.75 Å². The van der Waals surface area contributed by atoms with Crippen molar-refractivity contribution < 1.29 is 38.6 Å². The molecular weight excluding hydrogens is 609 g/mol. The number of unbranched alkanes of at least 4 members (excludes halogenated alkanes) is 1. The molecule has 1 unspecified atom stereocenters. The molecule has 5 nitrogen and oxygen atoms in total. The molecule has 1 radical (unpaired) electrons. The molecule has 0 amide bonds. The van der Waals surface area contributed by atoms with E-state index in [9.17, 15) is 4.79 Å². The van der Waals surface area contributed by atoms with E-state index in [-0.39, 0.29) is 20.1 Å². The van der Waals surface area contributed by atoms with Crippen LogP contribution in [0.4, 0.5) is 0 Å². The third kappa shape index (κ3) is 10.6. The molecule has 1 rings (SSSR count). The van der Waals surface area contributed by atoms with Gasteiger partial charge in [-0.15, -0.1) is 0 Å². The third-order valence-electron chi connectivity index (χ3n) is 2.87. The van der Waals surface area contributed by atoms with E-state index in [2.05, 4.69) is 21.2 Å². The molecule has 0 saturated heterocycles. The molecule has 1 N–H and O–H groups in total. The van der Waals surface area contributed by atoms with Gasteiger partial charge < -0.3 is 19.4 Å². The van der Waals surface area contributed by atoms with Gasteiger partial charge in [0.1, 0.15) is 12.4 Å². The summed E-state index contributed by atoms with van der Waals surface area (Å²) in [5.41, 5.74) is 8.75. The molecule has 1 aromatic rings. The Bertz CT molecular complexity index is 436. The SMILES string of the molecule is CCCCOC(=O)C([NH-])Cc1ccc(OCCOSI)cc1.[Ir]. The van der Waals surface area contributed by atoms with Crippen molar-refractivity contribution in [1.29, 1.82) is 0 Å². The first kappa shape index (κ1) is 23.1. The van der Waals surface area contributed by atoms with Gasteiger partial charge in [-0.05, 0) is 36.6 Å². The predicted octanol–water partition coefficient (Wildman–Crippen LogP) is 4.38. The summed E-state index contributed by atoms with van der Waals surface area (Å²) in [5, 5.41) is 0. The molecule has 0 aliphatic carbocycles. The maximum Gasteiger partial charge on any atom is 0.288 e. The summed E-state index contributed by atoms with van der Waals surface area (Å²) in [6, 6.07) is 6.52. The summed E-state index contributed by atoms with van der Waals surface area (Å²) >= 11 is 2.06. The molecule has 0 saturated carbocycles. The average molecular weight is 631 g/mol. The van der Waals surface area contributed by atoms with E-state index >= 15 is 0 Å². The van der Waals surface area contributed by atoms with Gasteiger partial charge in [-0.1, -0.05) is 25.5 Å². The van der Waals surface area contributed by atoms with Gasteiger partial charge in [-0.3, -0.25) is 4.79 Å². The molecule has 0 aromatic heterocycles. The molecule has 0 heterocycles. The minimum Gasteiger partial charge on any atom is -0.665 e. The fourth-order valence-electron chi connectivity index (χ4n) is 1.68. The standard InChI is InChI=1S/C15H21INO4S.Ir/c1-2-3-8-20-15(18)14(17)11-12-4-6-13(7-5-12)19-9-10-21-22-16;/h4-7,14,17H,2-3,8-11H2,1H3;/q-1;. The van der Waals surface area contributed by atoms with E-state index in [1.54, 1.807) is 0 Å². The fraction of sp³-hybridized carbons (Fsp3) is 0.533. The zero-order valence-corrected chi connectivity index (χ0v) is 18.3. The maximum atomic E-state index is 11.6. The summed E-state index contributed by atoms with van der Waals surface area (Å²) in [7, 11) is 1.28. The molecule has 1 atom stereocenters. The van der Waals surface area contributed by atoms with Gasteiger partial charge in [0.05, 0.1) is 22.4 Å². The second kappa shape index (κ2) is 14.5. The Labute approximate surface area is 167 Å². The molecule has 0 bridgehead atoms. The van der Waals surface area contributed by atoms with Crippen LogP contribution in [0.15, 0.2) is 24.3 Å². The first-order valence-electron chi connectivity index (χ1n) is 7.17. The van der Waals surface area contributed by atoms with Crippen LogP contribution in [0, 0.1) is 0 Å². The first-order valence-corrected chi connectivity index (χ1v) is 10.5. The van der Waals surface area contributed by atoms with E-state index in [1.807, 2.05) is 31.2 Å². The number of nitrogens with one attached hydrogen (secondary N) is 1. The van der Waals surface area contributed by atoms with Crippen LogP contribution in [-0.4, -0.2) is 31.8 Å². The van der Waals surface area contributed by atoms with Gasteiger partial charge in [0, 0.05) is 41.3 Å². The largest absolute Gasteiger partial charge is 0.665 e. The van der Waals surface area contributed by atoms with Crippen LogP contribution in [0.25, 0.3) is 5.73 Å². The van der Waals surface area contributed by atoms with E-state index in [0.29, 0.717) is 26.2 Å². The van der Waals surface area contributed by atoms with Gasteiger partial charge in [0.2, 0.25) is 0 Å². The quantitative estimate of drug-likeness (QED) is 0.157. The Kier molecular flexibility index (Phi) is 14.6. The summed E-state index contributed by atoms with van der Waals surface area (Å²) in [4.78, 5) is 11.6. The van der Waals surface area contributed by atoms with E-state index in [0.717, 1.165) is 24.2 Å². The molecule has 23 heavy (non-hydrogen) atoms.